The summed E-state index contributed by atoms with van der Waals surface area (Å²) in [6.45, 7) is 2.51. The van der Waals surface area contributed by atoms with Crippen LogP contribution in [0.15, 0.2) is 24.3 Å². The number of rotatable bonds is 1. The summed E-state index contributed by atoms with van der Waals surface area (Å²) < 4.78 is 0. The van der Waals surface area contributed by atoms with E-state index in [9.17, 15) is 0 Å². The van der Waals surface area contributed by atoms with Gasteiger partial charge in [-0.2, -0.15) is 0 Å². The molecule has 14 heavy (non-hydrogen) atoms. The van der Waals surface area contributed by atoms with Crippen LogP contribution in [0.3, 0.4) is 0 Å². The lowest BCUT2D eigenvalue weighted by Crippen LogP contribution is -2.39. The summed E-state index contributed by atoms with van der Waals surface area (Å²) in [7, 11) is 0. The maximum atomic E-state index is 6.13. The van der Waals surface area contributed by atoms with E-state index in [1.165, 1.54) is 30.6 Å². The number of likely N-dealkylation sites (tertiary alicyclic amines) is 1. The highest BCUT2D eigenvalue weighted by Gasteiger charge is 2.34. The zero-order chi connectivity index (χ0) is 9.54. The van der Waals surface area contributed by atoms with Gasteiger partial charge in [0.05, 0.1) is 0 Å². The van der Waals surface area contributed by atoms with Crippen LogP contribution in [0.1, 0.15) is 36.1 Å². The van der Waals surface area contributed by atoms with Crippen LogP contribution in [0.4, 0.5) is 0 Å². The molecular formula is C12H16N2. The molecule has 1 heterocycles. The molecule has 1 aromatic rings. The molecule has 2 N–H and O–H groups in total. The summed E-state index contributed by atoms with van der Waals surface area (Å²) in [6.07, 6.45) is 2.47. The molecule has 0 bridgehead atoms. The van der Waals surface area contributed by atoms with Gasteiger partial charge in [-0.25, -0.2) is 0 Å². The lowest BCUT2D eigenvalue weighted by Gasteiger charge is -2.37. The lowest BCUT2D eigenvalue weighted by molar-refractivity contribution is 0.115. The van der Waals surface area contributed by atoms with Gasteiger partial charge in [-0.15, -0.1) is 0 Å². The average Bonchev–Trinajstić information content (AvgIpc) is 2.43. The van der Waals surface area contributed by atoms with Crippen LogP contribution >= 0.6 is 0 Å². The second-order valence-electron chi connectivity index (χ2n) is 4.38. The first-order chi connectivity index (χ1) is 6.86. The van der Waals surface area contributed by atoms with Gasteiger partial charge in [0.15, 0.2) is 0 Å². The van der Waals surface area contributed by atoms with Gasteiger partial charge in [0.2, 0.25) is 0 Å². The van der Waals surface area contributed by atoms with Crippen LogP contribution < -0.4 is 5.73 Å². The Bertz CT molecular complexity index is 344. The van der Waals surface area contributed by atoms with Crippen molar-refractivity contribution in [3.05, 3.63) is 35.4 Å². The van der Waals surface area contributed by atoms with Crippen molar-refractivity contribution in [3.8, 4) is 0 Å². The number of hydrogen-bond acceptors (Lipinski definition) is 2. The molecule has 1 aromatic carbocycles. The van der Waals surface area contributed by atoms with E-state index in [2.05, 4.69) is 29.2 Å². The van der Waals surface area contributed by atoms with Crippen LogP contribution in [0.25, 0.3) is 0 Å². The first kappa shape index (κ1) is 8.45. The fourth-order valence-corrected chi connectivity index (χ4v) is 2.64. The largest absolute Gasteiger partial charge is 0.324 e. The standard InChI is InChI=1S/C12H16N2/c13-11-8-12(14-6-3-7-14)10-5-2-1-4-9(10)11/h1-2,4-5,11-12H,3,6-8,13H2/t11-,12-/m0/s1. The third-order valence-corrected chi connectivity index (χ3v) is 3.56. The van der Waals surface area contributed by atoms with Gasteiger partial charge in [-0.05, 0) is 37.1 Å². The third kappa shape index (κ3) is 1.11. The molecule has 0 radical (unpaired) electrons. The van der Waals surface area contributed by atoms with E-state index in [0.717, 1.165) is 6.42 Å². The fourth-order valence-electron chi connectivity index (χ4n) is 2.64. The van der Waals surface area contributed by atoms with E-state index in [0.29, 0.717) is 6.04 Å². The van der Waals surface area contributed by atoms with Gasteiger partial charge < -0.3 is 5.73 Å². The van der Waals surface area contributed by atoms with E-state index < -0.39 is 0 Å². The summed E-state index contributed by atoms with van der Waals surface area (Å²) in [4.78, 5) is 2.55. The topological polar surface area (TPSA) is 29.3 Å². The van der Waals surface area contributed by atoms with Crippen molar-refractivity contribution in [1.29, 1.82) is 0 Å². The molecule has 1 saturated heterocycles. The summed E-state index contributed by atoms with van der Waals surface area (Å²) in [5.41, 5.74) is 8.96. The maximum absolute atomic E-state index is 6.13. The van der Waals surface area contributed by atoms with Gasteiger partial charge in [-0.3, -0.25) is 4.90 Å². The van der Waals surface area contributed by atoms with Crippen LogP contribution in [0, 0.1) is 0 Å². The number of fused-ring (bicyclic) bond motifs is 1. The minimum Gasteiger partial charge on any atom is -0.324 e. The molecule has 2 aliphatic rings. The Morgan fingerprint density at radius 2 is 1.86 bits per heavy atom. The second kappa shape index (κ2) is 3.07. The fraction of sp³-hybridized carbons (Fsp3) is 0.500. The van der Waals surface area contributed by atoms with Crippen molar-refractivity contribution < 1.29 is 0 Å². The molecule has 2 heteroatoms. The molecule has 0 saturated carbocycles. The van der Waals surface area contributed by atoms with Crippen molar-refractivity contribution >= 4 is 0 Å². The zero-order valence-electron chi connectivity index (χ0n) is 8.32. The first-order valence-corrected chi connectivity index (χ1v) is 5.45. The first-order valence-electron chi connectivity index (χ1n) is 5.45. The molecule has 1 fully saturated rings. The van der Waals surface area contributed by atoms with E-state index in [1.807, 2.05) is 0 Å². The molecule has 0 aromatic heterocycles. The van der Waals surface area contributed by atoms with Gasteiger partial charge in [0.25, 0.3) is 0 Å². The molecular weight excluding hydrogens is 172 g/mol. The van der Waals surface area contributed by atoms with Crippen LogP contribution in [-0.2, 0) is 0 Å². The molecule has 3 rings (SSSR count). The molecule has 1 aliphatic carbocycles. The van der Waals surface area contributed by atoms with Gasteiger partial charge in [-0.1, -0.05) is 24.3 Å². The molecule has 2 nitrogen and oxygen atoms in total. The van der Waals surface area contributed by atoms with Crippen LogP contribution in [-0.4, -0.2) is 18.0 Å². The lowest BCUT2D eigenvalue weighted by atomic mass is 10.0. The number of hydrogen-bond donors (Lipinski definition) is 1. The van der Waals surface area contributed by atoms with Gasteiger partial charge in [0, 0.05) is 12.1 Å². The van der Waals surface area contributed by atoms with E-state index in [4.69, 9.17) is 5.73 Å². The number of nitrogens with zero attached hydrogens (tertiary/aromatic N) is 1. The Labute approximate surface area is 84.7 Å². The SMILES string of the molecule is N[C@H]1C[C@H](N2CCC2)c2ccccc21. The number of nitrogens with two attached hydrogens (primary N) is 1. The minimum atomic E-state index is 0.261. The van der Waals surface area contributed by atoms with Crippen molar-refractivity contribution in [3.63, 3.8) is 0 Å². The smallest absolute Gasteiger partial charge is 0.0369 e. The van der Waals surface area contributed by atoms with Crippen molar-refractivity contribution in [1.82, 2.24) is 4.90 Å². The van der Waals surface area contributed by atoms with Gasteiger partial charge >= 0.3 is 0 Å². The Morgan fingerprint density at radius 3 is 2.50 bits per heavy atom. The second-order valence-corrected chi connectivity index (χ2v) is 4.38. The highest BCUT2D eigenvalue weighted by molar-refractivity contribution is 5.37. The summed E-state index contributed by atoms with van der Waals surface area (Å²) in [5, 5.41) is 0. The normalized spacial score (nSPS) is 31.2. The van der Waals surface area contributed by atoms with Crippen molar-refractivity contribution in [2.24, 2.45) is 5.73 Å². The molecule has 0 unspecified atom stereocenters. The summed E-state index contributed by atoms with van der Waals surface area (Å²) in [5.74, 6) is 0. The Morgan fingerprint density at radius 1 is 1.14 bits per heavy atom. The average molecular weight is 188 g/mol. The quantitative estimate of drug-likeness (QED) is 0.728. The van der Waals surface area contributed by atoms with Crippen molar-refractivity contribution in [2.75, 3.05) is 13.1 Å². The predicted octanol–water partition coefficient (Wildman–Crippen LogP) is 1.84. The zero-order valence-corrected chi connectivity index (χ0v) is 8.32. The minimum absolute atomic E-state index is 0.261. The highest BCUT2D eigenvalue weighted by atomic mass is 15.2. The Kier molecular flexibility index (Phi) is 1.85. The van der Waals surface area contributed by atoms with Crippen LogP contribution in [0.5, 0.6) is 0 Å². The van der Waals surface area contributed by atoms with E-state index in [1.54, 1.807) is 0 Å². The molecule has 74 valence electrons. The van der Waals surface area contributed by atoms with E-state index in [-0.39, 0.29) is 6.04 Å². The monoisotopic (exact) mass is 188 g/mol. The Balaban J connectivity index is 1.96. The van der Waals surface area contributed by atoms with E-state index >= 15 is 0 Å². The summed E-state index contributed by atoms with van der Waals surface area (Å²) in [6, 6.07) is 9.51. The molecule has 2 atom stereocenters. The predicted molar refractivity (Wildman–Crippen MR) is 56.9 cm³/mol. The third-order valence-electron chi connectivity index (χ3n) is 3.56. The maximum Gasteiger partial charge on any atom is 0.0369 e. The summed E-state index contributed by atoms with van der Waals surface area (Å²) >= 11 is 0. The van der Waals surface area contributed by atoms with Crippen molar-refractivity contribution in [2.45, 2.75) is 24.9 Å². The molecule has 0 spiro atoms. The van der Waals surface area contributed by atoms with Gasteiger partial charge in [0.1, 0.15) is 0 Å². The number of benzene rings is 1. The Hall–Kier alpha value is -0.860. The highest BCUT2D eigenvalue weighted by Crippen LogP contribution is 2.42. The molecule has 0 amide bonds. The van der Waals surface area contributed by atoms with Crippen LogP contribution in [0.2, 0.25) is 0 Å². The molecule has 1 aliphatic heterocycles.